The van der Waals surface area contributed by atoms with Gasteiger partial charge in [-0.1, -0.05) is 42.5 Å². The number of hydrogen-bond acceptors (Lipinski definition) is 3. The molecular formula is C27H29N5O3. The summed E-state index contributed by atoms with van der Waals surface area (Å²) in [6.07, 6.45) is 0.196. The molecule has 1 heterocycles. The number of aryl methyl sites for hydroxylation is 2. The van der Waals surface area contributed by atoms with Gasteiger partial charge in [-0.15, -0.1) is 0 Å². The topological polar surface area (TPSA) is 97.2 Å². The fourth-order valence-corrected chi connectivity index (χ4v) is 4.07. The number of hydrogen-bond donors (Lipinski definition) is 3. The van der Waals surface area contributed by atoms with Crippen LogP contribution in [0.4, 0.5) is 16.2 Å². The van der Waals surface area contributed by atoms with Crippen LogP contribution < -0.4 is 21.6 Å². The largest absolute Gasteiger partial charge is 0.350 e. The Morgan fingerprint density at radius 1 is 0.800 bits per heavy atom. The van der Waals surface area contributed by atoms with E-state index >= 15 is 0 Å². The van der Waals surface area contributed by atoms with Gasteiger partial charge < -0.3 is 16.0 Å². The first-order valence-electron chi connectivity index (χ1n) is 11.7. The van der Waals surface area contributed by atoms with Crippen molar-refractivity contribution >= 4 is 34.3 Å². The molecule has 0 saturated heterocycles. The van der Waals surface area contributed by atoms with Crippen molar-refractivity contribution in [1.82, 2.24) is 14.5 Å². The molecule has 35 heavy (non-hydrogen) atoms. The Labute approximate surface area is 203 Å². The first-order chi connectivity index (χ1) is 17.0. The zero-order valence-electron chi connectivity index (χ0n) is 19.8. The fraction of sp³-hybridized carbons (Fsp3) is 0.222. The van der Waals surface area contributed by atoms with E-state index in [1.165, 1.54) is 0 Å². The Morgan fingerprint density at radius 2 is 1.37 bits per heavy atom. The highest BCUT2D eigenvalue weighted by Crippen LogP contribution is 2.17. The number of rotatable bonds is 8. The summed E-state index contributed by atoms with van der Waals surface area (Å²) in [5.74, 6) is -0.137. The number of fused-ring (bicyclic) bond motifs is 1. The molecule has 0 radical (unpaired) electrons. The third kappa shape index (κ3) is 5.60. The van der Waals surface area contributed by atoms with Crippen LogP contribution in [-0.2, 0) is 17.9 Å². The Kier molecular flexibility index (Phi) is 7.30. The van der Waals surface area contributed by atoms with Crippen LogP contribution in [0.2, 0.25) is 0 Å². The number of carbonyl (C=O) groups excluding carboxylic acids is 2. The second kappa shape index (κ2) is 10.7. The summed E-state index contributed by atoms with van der Waals surface area (Å²) < 4.78 is 3.37. The quantitative estimate of drug-likeness (QED) is 0.346. The average Bonchev–Trinajstić information content (AvgIpc) is 3.14. The van der Waals surface area contributed by atoms with Gasteiger partial charge in [-0.3, -0.25) is 13.9 Å². The second-order valence-corrected chi connectivity index (χ2v) is 8.27. The molecular weight excluding hydrogens is 442 g/mol. The molecule has 0 aliphatic rings. The Hall–Kier alpha value is -4.33. The van der Waals surface area contributed by atoms with Gasteiger partial charge in [-0.05, 0) is 55.8 Å². The van der Waals surface area contributed by atoms with Gasteiger partial charge in [0.1, 0.15) is 0 Å². The van der Waals surface area contributed by atoms with Gasteiger partial charge in [0.15, 0.2) is 0 Å². The lowest BCUT2D eigenvalue weighted by molar-refractivity contribution is -0.121. The van der Waals surface area contributed by atoms with Gasteiger partial charge in [-0.2, -0.15) is 0 Å². The number of amides is 3. The van der Waals surface area contributed by atoms with Gasteiger partial charge in [0.2, 0.25) is 5.91 Å². The maximum Gasteiger partial charge on any atom is 0.329 e. The molecule has 1 unspecified atom stereocenters. The Morgan fingerprint density at radius 3 is 2.00 bits per heavy atom. The molecule has 0 spiro atoms. The molecule has 4 rings (SSSR count). The van der Waals surface area contributed by atoms with Gasteiger partial charge in [0, 0.05) is 30.9 Å². The Balaban J connectivity index is 1.32. The van der Waals surface area contributed by atoms with Crippen molar-refractivity contribution in [1.29, 1.82) is 0 Å². The van der Waals surface area contributed by atoms with Gasteiger partial charge >= 0.3 is 11.7 Å². The normalized spacial score (nSPS) is 11.7. The van der Waals surface area contributed by atoms with Crippen LogP contribution in [0.3, 0.4) is 0 Å². The summed E-state index contributed by atoms with van der Waals surface area (Å²) in [6.45, 7) is 4.72. The molecule has 1 aromatic heterocycles. The molecule has 4 aromatic rings. The van der Waals surface area contributed by atoms with Crippen LogP contribution in [0.1, 0.15) is 31.9 Å². The van der Waals surface area contributed by atoms with Crippen LogP contribution in [0, 0.1) is 0 Å². The molecule has 3 amide bonds. The maximum absolute atomic E-state index is 12.7. The minimum atomic E-state index is -0.329. The van der Waals surface area contributed by atoms with Crippen molar-refractivity contribution in [3.63, 3.8) is 0 Å². The van der Waals surface area contributed by atoms with E-state index in [0.717, 1.165) is 16.6 Å². The van der Waals surface area contributed by atoms with Crippen LogP contribution in [0.25, 0.3) is 11.0 Å². The summed E-state index contributed by atoms with van der Waals surface area (Å²) >= 11 is 0. The van der Waals surface area contributed by atoms with E-state index < -0.39 is 0 Å². The number of carbonyl (C=O) groups is 2. The van der Waals surface area contributed by atoms with Crippen LogP contribution >= 0.6 is 0 Å². The van der Waals surface area contributed by atoms with Crippen LogP contribution in [0.15, 0.2) is 83.7 Å². The summed E-state index contributed by atoms with van der Waals surface area (Å²) in [4.78, 5) is 37.5. The summed E-state index contributed by atoms with van der Waals surface area (Å²) in [5.41, 5.74) is 3.87. The number of para-hydroxylation sites is 3. The number of nitrogens with zero attached hydrogens (tertiary/aromatic N) is 2. The molecule has 0 saturated carbocycles. The molecule has 8 heteroatoms. The molecule has 8 nitrogen and oxygen atoms in total. The van der Waals surface area contributed by atoms with Crippen molar-refractivity contribution in [3.05, 3.63) is 94.9 Å². The van der Waals surface area contributed by atoms with E-state index in [9.17, 15) is 14.4 Å². The molecule has 0 aliphatic carbocycles. The number of benzene rings is 3. The predicted octanol–water partition coefficient (Wildman–Crippen LogP) is 4.73. The van der Waals surface area contributed by atoms with Crippen molar-refractivity contribution in [2.75, 3.05) is 10.6 Å². The number of aromatic nitrogens is 2. The highest BCUT2D eigenvalue weighted by molar-refractivity contribution is 5.99. The number of nitrogens with one attached hydrogen (secondary N) is 3. The molecule has 1 atom stereocenters. The van der Waals surface area contributed by atoms with Crippen molar-refractivity contribution in [2.24, 2.45) is 0 Å². The minimum absolute atomic E-state index is 0.103. The summed E-state index contributed by atoms with van der Waals surface area (Å²) in [5, 5.41) is 8.55. The second-order valence-electron chi connectivity index (χ2n) is 8.27. The zero-order chi connectivity index (χ0) is 24.8. The monoisotopic (exact) mass is 471 g/mol. The van der Waals surface area contributed by atoms with Crippen LogP contribution in [-0.4, -0.2) is 21.1 Å². The smallest absolute Gasteiger partial charge is 0.329 e. The third-order valence-corrected chi connectivity index (χ3v) is 5.88. The molecule has 3 aromatic carbocycles. The number of anilines is 2. The zero-order valence-corrected chi connectivity index (χ0v) is 19.8. The van der Waals surface area contributed by atoms with E-state index in [0.29, 0.717) is 24.5 Å². The molecule has 3 N–H and O–H groups in total. The standard InChI is InChI=1S/C27H29N5O3/c1-3-31-23-11-7-8-12-24(23)32(27(31)35)18-17-25(33)28-19(2)20-13-15-22(16-14-20)30-26(34)29-21-9-5-4-6-10-21/h4-16,19H,3,17-18H2,1-2H3,(H,28,33)(H2,29,30,34). The molecule has 0 aliphatic heterocycles. The predicted molar refractivity (Wildman–Crippen MR) is 139 cm³/mol. The fourth-order valence-electron chi connectivity index (χ4n) is 4.07. The van der Waals surface area contributed by atoms with Gasteiger partial charge in [0.05, 0.1) is 17.1 Å². The van der Waals surface area contributed by atoms with E-state index in [-0.39, 0.29) is 30.1 Å². The Bertz CT molecular complexity index is 1370. The maximum atomic E-state index is 12.7. The summed E-state index contributed by atoms with van der Waals surface area (Å²) in [7, 11) is 0. The average molecular weight is 472 g/mol. The molecule has 0 fully saturated rings. The van der Waals surface area contributed by atoms with Gasteiger partial charge in [-0.25, -0.2) is 9.59 Å². The first kappa shape index (κ1) is 23.8. The van der Waals surface area contributed by atoms with Gasteiger partial charge in [0.25, 0.3) is 0 Å². The third-order valence-electron chi connectivity index (χ3n) is 5.88. The van der Waals surface area contributed by atoms with E-state index in [2.05, 4.69) is 16.0 Å². The van der Waals surface area contributed by atoms with E-state index in [4.69, 9.17) is 0 Å². The van der Waals surface area contributed by atoms with Crippen molar-refractivity contribution in [3.8, 4) is 0 Å². The minimum Gasteiger partial charge on any atom is -0.350 e. The number of imidazole rings is 1. The lowest BCUT2D eigenvalue weighted by Gasteiger charge is -2.15. The highest BCUT2D eigenvalue weighted by atomic mass is 16.2. The van der Waals surface area contributed by atoms with E-state index in [1.54, 1.807) is 21.3 Å². The van der Waals surface area contributed by atoms with E-state index in [1.807, 2.05) is 80.6 Å². The lowest BCUT2D eigenvalue weighted by Crippen LogP contribution is -2.30. The van der Waals surface area contributed by atoms with Crippen molar-refractivity contribution in [2.45, 2.75) is 39.4 Å². The lowest BCUT2D eigenvalue weighted by atomic mass is 10.1. The number of urea groups is 1. The summed E-state index contributed by atoms with van der Waals surface area (Å²) in [6, 6.07) is 23.6. The first-order valence-corrected chi connectivity index (χ1v) is 11.7. The molecule has 0 bridgehead atoms. The highest BCUT2D eigenvalue weighted by Gasteiger charge is 2.14. The van der Waals surface area contributed by atoms with Crippen LogP contribution in [0.5, 0.6) is 0 Å². The molecule has 180 valence electrons. The SMILES string of the molecule is CCn1c(=O)n(CCC(=O)NC(C)c2ccc(NC(=O)Nc3ccccc3)cc2)c2ccccc21. The van der Waals surface area contributed by atoms with Crippen molar-refractivity contribution < 1.29 is 9.59 Å².